The van der Waals surface area contributed by atoms with Crippen LogP contribution in [0.3, 0.4) is 0 Å². The zero-order valence-electron chi connectivity index (χ0n) is 30.5. The molecule has 0 fully saturated rings. The van der Waals surface area contributed by atoms with Crippen LogP contribution in [0.4, 0.5) is 0 Å². The van der Waals surface area contributed by atoms with E-state index in [1.54, 1.807) is 0 Å². The summed E-state index contributed by atoms with van der Waals surface area (Å²) in [6.45, 7) is 0. The molecule has 0 atom stereocenters. The van der Waals surface area contributed by atoms with E-state index in [0.29, 0.717) is 5.82 Å². The Balaban J connectivity index is 1.07. The lowest BCUT2D eigenvalue weighted by Crippen LogP contribution is -1.96. The second-order valence-electron chi connectivity index (χ2n) is 14.5. The molecule has 0 amide bonds. The number of hydrogen-bond acceptors (Lipinski definition) is 2. The lowest BCUT2D eigenvalue weighted by atomic mass is 9.87. The van der Waals surface area contributed by atoms with Crippen LogP contribution in [0, 0.1) is 0 Å². The SMILES string of the molecule is c1ccc(-c2cc(-c3cccc(-c4ccc5ccccc5c4-c4cccc(-c5ccc6c7c(cccc57)-c5ccccc5-6)c4)c3)nc(-c3ccccc3)n2)cc1. The fourth-order valence-corrected chi connectivity index (χ4v) is 8.64. The number of nitrogens with zero attached hydrogens (tertiary/aromatic N) is 2. The van der Waals surface area contributed by atoms with Crippen molar-refractivity contribution in [2.24, 2.45) is 0 Å². The fraction of sp³-hybridized carbons (Fsp3) is 0. The predicted molar refractivity (Wildman–Crippen MR) is 234 cm³/mol. The standard InChI is InChI=1S/C54H34N2/c1-3-15-36(16-4-1)50-34-51(56-54(55-50)37-17-5-2-6-18-37)40-21-11-20-39(32-40)44-29-28-35-14-7-8-23-43(35)52(44)41-22-12-19-38(33-41)42-30-31-49-46-25-10-9-24-45(46)48-27-13-26-47(42)53(48)49/h1-34H. The molecule has 2 heteroatoms. The van der Waals surface area contributed by atoms with E-state index in [-0.39, 0.29) is 0 Å². The zero-order chi connectivity index (χ0) is 37.0. The average molecular weight is 711 g/mol. The van der Waals surface area contributed by atoms with Gasteiger partial charge in [0, 0.05) is 16.7 Å². The van der Waals surface area contributed by atoms with Gasteiger partial charge in [-0.05, 0) is 95.4 Å². The first-order valence-electron chi connectivity index (χ1n) is 19.2. The van der Waals surface area contributed by atoms with E-state index in [0.717, 1.165) is 33.6 Å². The molecular weight excluding hydrogens is 677 g/mol. The van der Waals surface area contributed by atoms with Crippen molar-refractivity contribution in [1.29, 1.82) is 0 Å². The van der Waals surface area contributed by atoms with Crippen LogP contribution < -0.4 is 0 Å². The van der Waals surface area contributed by atoms with Gasteiger partial charge in [-0.15, -0.1) is 0 Å². The molecule has 0 spiro atoms. The molecule has 0 radical (unpaired) electrons. The highest BCUT2D eigenvalue weighted by atomic mass is 14.9. The molecule has 260 valence electrons. The van der Waals surface area contributed by atoms with E-state index in [1.807, 2.05) is 24.3 Å². The molecule has 1 aromatic heterocycles. The highest BCUT2D eigenvalue weighted by molar-refractivity contribution is 6.19. The first-order chi connectivity index (χ1) is 27.8. The molecule has 0 N–H and O–H groups in total. The summed E-state index contributed by atoms with van der Waals surface area (Å²) in [5.74, 6) is 0.711. The fourth-order valence-electron chi connectivity index (χ4n) is 8.64. The van der Waals surface area contributed by atoms with Crippen molar-refractivity contribution in [3.8, 4) is 89.5 Å². The lowest BCUT2D eigenvalue weighted by molar-refractivity contribution is 1.18. The molecule has 1 heterocycles. The van der Waals surface area contributed by atoms with Crippen LogP contribution in [-0.4, -0.2) is 9.97 Å². The monoisotopic (exact) mass is 710 g/mol. The highest BCUT2D eigenvalue weighted by Gasteiger charge is 2.23. The Kier molecular flexibility index (Phi) is 7.53. The van der Waals surface area contributed by atoms with Gasteiger partial charge in [0.2, 0.25) is 0 Å². The average Bonchev–Trinajstić information content (AvgIpc) is 3.61. The van der Waals surface area contributed by atoms with E-state index in [9.17, 15) is 0 Å². The van der Waals surface area contributed by atoms with Crippen molar-refractivity contribution in [2.75, 3.05) is 0 Å². The number of fused-ring (bicyclic) bond motifs is 4. The number of aromatic nitrogens is 2. The van der Waals surface area contributed by atoms with Crippen molar-refractivity contribution in [3.63, 3.8) is 0 Å². The summed E-state index contributed by atoms with van der Waals surface area (Å²) in [5, 5.41) is 5.07. The molecular formula is C54H34N2. The second-order valence-corrected chi connectivity index (χ2v) is 14.5. The predicted octanol–water partition coefficient (Wildman–Crippen LogP) is 14.4. The maximum absolute atomic E-state index is 5.15. The third-order valence-electron chi connectivity index (χ3n) is 11.2. The minimum Gasteiger partial charge on any atom is -0.228 e. The van der Waals surface area contributed by atoms with E-state index < -0.39 is 0 Å². The summed E-state index contributed by atoms with van der Waals surface area (Å²) < 4.78 is 0. The summed E-state index contributed by atoms with van der Waals surface area (Å²) in [5.41, 5.74) is 17.3. The molecule has 0 saturated carbocycles. The van der Waals surface area contributed by atoms with Gasteiger partial charge < -0.3 is 0 Å². The van der Waals surface area contributed by atoms with E-state index in [2.05, 4.69) is 182 Å². The van der Waals surface area contributed by atoms with Crippen LogP contribution in [0.15, 0.2) is 206 Å². The zero-order valence-corrected chi connectivity index (χ0v) is 30.5. The van der Waals surface area contributed by atoms with Crippen LogP contribution in [-0.2, 0) is 0 Å². The third kappa shape index (κ3) is 5.34. The molecule has 11 rings (SSSR count). The van der Waals surface area contributed by atoms with Crippen molar-refractivity contribution >= 4 is 21.5 Å². The Morgan fingerprint density at radius 2 is 0.768 bits per heavy atom. The largest absolute Gasteiger partial charge is 0.228 e. The number of rotatable bonds is 6. The van der Waals surface area contributed by atoms with Crippen LogP contribution in [0.5, 0.6) is 0 Å². The first-order valence-corrected chi connectivity index (χ1v) is 19.2. The van der Waals surface area contributed by atoms with Gasteiger partial charge in [0.1, 0.15) is 0 Å². The molecule has 1 aliphatic carbocycles. The van der Waals surface area contributed by atoms with E-state index in [4.69, 9.17) is 9.97 Å². The van der Waals surface area contributed by atoms with Crippen molar-refractivity contribution in [3.05, 3.63) is 206 Å². The van der Waals surface area contributed by atoms with Gasteiger partial charge >= 0.3 is 0 Å². The molecule has 2 nitrogen and oxygen atoms in total. The minimum atomic E-state index is 0.711. The van der Waals surface area contributed by atoms with Gasteiger partial charge in [0.15, 0.2) is 5.82 Å². The summed E-state index contributed by atoms with van der Waals surface area (Å²) in [6.07, 6.45) is 0. The molecule has 1 aliphatic rings. The quantitative estimate of drug-likeness (QED) is 0.172. The molecule has 9 aromatic carbocycles. The highest BCUT2D eigenvalue weighted by Crippen LogP contribution is 2.49. The smallest absolute Gasteiger partial charge is 0.160 e. The van der Waals surface area contributed by atoms with Crippen molar-refractivity contribution in [1.82, 2.24) is 9.97 Å². The Hall–Kier alpha value is -7.42. The molecule has 0 saturated heterocycles. The third-order valence-corrected chi connectivity index (χ3v) is 11.2. The van der Waals surface area contributed by atoms with Gasteiger partial charge in [-0.1, -0.05) is 188 Å². The second kappa shape index (κ2) is 13.2. The van der Waals surface area contributed by atoms with Crippen LogP contribution >= 0.6 is 0 Å². The van der Waals surface area contributed by atoms with Crippen molar-refractivity contribution in [2.45, 2.75) is 0 Å². The maximum Gasteiger partial charge on any atom is 0.160 e. The Morgan fingerprint density at radius 1 is 0.268 bits per heavy atom. The summed E-state index contributed by atoms with van der Waals surface area (Å²) in [6, 6.07) is 74.0. The van der Waals surface area contributed by atoms with E-state index in [1.165, 1.54) is 71.6 Å². The molecule has 56 heavy (non-hydrogen) atoms. The van der Waals surface area contributed by atoms with Crippen LogP contribution in [0.1, 0.15) is 0 Å². The van der Waals surface area contributed by atoms with E-state index >= 15 is 0 Å². The minimum absolute atomic E-state index is 0.711. The van der Waals surface area contributed by atoms with Crippen LogP contribution in [0.25, 0.3) is 111 Å². The normalized spacial score (nSPS) is 11.6. The van der Waals surface area contributed by atoms with Crippen LogP contribution in [0.2, 0.25) is 0 Å². The maximum atomic E-state index is 5.15. The Labute approximate surface area is 326 Å². The van der Waals surface area contributed by atoms with Gasteiger partial charge in [-0.25, -0.2) is 9.97 Å². The summed E-state index contributed by atoms with van der Waals surface area (Å²) in [4.78, 5) is 10.2. The van der Waals surface area contributed by atoms with Crippen molar-refractivity contribution < 1.29 is 0 Å². The molecule has 0 unspecified atom stereocenters. The first kappa shape index (κ1) is 32.0. The molecule has 10 aromatic rings. The number of hydrogen-bond donors (Lipinski definition) is 0. The Bertz CT molecular complexity index is 3040. The van der Waals surface area contributed by atoms with Gasteiger partial charge in [-0.2, -0.15) is 0 Å². The van der Waals surface area contributed by atoms with Gasteiger partial charge in [-0.3, -0.25) is 0 Å². The van der Waals surface area contributed by atoms with Gasteiger partial charge in [0.25, 0.3) is 0 Å². The topological polar surface area (TPSA) is 25.8 Å². The Morgan fingerprint density at radius 3 is 1.55 bits per heavy atom. The summed E-state index contributed by atoms with van der Waals surface area (Å²) >= 11 is 0. The lowest BCUT2D eigenvalue weighted by Gasteiger charge is -2.17. The van der Waals surface area contributed by atoms with Gasteiger partial charge in [0.05, 0.1) is 11.4 Å². The molecule has 0 bridgehead atoms. The number of benzene rings is 9. The summed E-state index contributed by atoms with van der Waals surface area (Å²) in [7, 11) is 0. The molecule has 0 aliphatic heterocycles.